The van der Waals surface area contributed by atoms with Crippen molar-refractivity contribution < 1.29 is 4.42 Å². The van der Waals surface area contributed by atoms with Crippen molar-refractivity contribution in [2.45, 2.75) is 0 Å². The summed E-state index contributed by atoms with van der Waals surface area (Å²) >= 11 is 1.82. The lowest BCUT2D eigenvalue weighted by Gasteiger charge is -2.27. The maximum absolute atomic E-state index is 6.80. The Morgan fingerprint density at radius 3 is 1.65 bits per heavy atom. The first-order valence-electron chi connectivity index (χ1n) is 16.6. The molecule has 3 heteroatoms. The number of thiophene rings is 1. The van der Waals surface area contributed by atoms with Crippen LogP contribution in [0.2, 0.25) is 0 Å². The van der Waals surface area contributed by atoms with E-state index in [1.54, 1.807) is 0 Å². The van der Waals surface area contributed by atoms with Crippen molar-refractivity contribution >= 4 is 81.3 Å². The average molecular weight is 644 g/mol. The van der Waals surface area contributed by atoms with Crippen LogP contribution in [0.15, 0.2) is 180 Å². The number of furan rings is 1. The van der Waals surface area contributed by atoms with Gasteiger partial charge in [0.1, 0.15) is 11.2 Å². The number of anilines is 3. The van der Waals surface area contributed by atoms with E-state index in [-0.39, 0.29) is 0 Å². The molecule has 0 N–H and O–H groups in total. The van der Waals surface area contributed by atoms with Gasteiger partial charge in [0.15, 0.2) is 0 Å². The van der Waals surface area contributed by atoms with Crippen LogP contribution < -0.4 is 4.90 Å². The maximum atomic E-state index is 6.80. The fourth-order valence-electron chi connectivity index (χ4n) is 7.37. The zero-order valence-electron chi connectivity index (χ0n) is 26.5. The van der Waals surface area contributed by atoms with Gasteiger partial charge >= 0.3 is 0 Å². The van der Waals surface area contributed by atoms with E-state index in [9.17, 15) is 0 Å². The zero-order valence-corrected chi connectivity index (χ0v) is 27.3. The summed E-state index contributed by atoms with van der Waals surface area (Å²) in [6, 6.07) is 63.1. The maximum Gasteiger partial charge on any atom is 0.144 e. The Hall–Kier alpha value is -6.16. The van der Waals surface area contributed by atoms with Crippen LogP contribution in [0.25, 0.3) is 75.1 Å². The second-order valence-electron chi connectivity index (χ2n) is 12.5. The molecule has 10 aromatic rings. The van der Waals surface area contributed by atoms with Gasteiger partial charge in [-0.2, -0.15) is 0 Å². The van der Waals surface area contributed by atoms with E-state index in [0.717, 1.165) is 33.6 Å². The van der Waals surface area contributed by atoms with E-state index in [1.165, 1.54) is 58.6 Å². The number of nitrogens with zero attached hydrogens (tertiary/aromatic N) is 1. The van der Waals surface area contributed by atoms with Crippen molar-refractivity contribution in [3.63, 3.8) is 0 Å². The van der Waals surface area contributed by atoms with Crippen LogP contribution in [-0.2, 0) is 0 Å². The Morgan fingerprint density at radius 2 is 0.980 bits per heavy atom. The molecule has 0 spiro atoms. The SMILES string of the molecule is c1ccc(-c2ccc(N(c3ccc(-c4ccccc4)cc3)c3cccc4sc5ccc6c(oc7ccc8ccccc8c76)c5c34)cc2)cc1. The summed E-state index contributed by atoms with van der Waals surface area (Å²) in [4.78, 5) is 2.40. The molecule has 0 aliphatic heterocycles. The minimum atomic E-state index is 0.919. The van der Waals surface area contributed by atoms with Gasteiger partial charge in [0, 0.05) is 42.3 Å². The van der Waals surface area contributed by atoms with Crippen LogP contribution in [0, 0.1) is 0 Å². The highest BCUT2D eigenvalue weighted by atomic mass is 32.1. The molecule has 49 heavy (non-hydrogen) atoms. The molecule has 0 unspecified atom stereocenters. The summed E-state index contributed by atoms with van der Waals surface area (Å²) in [5, 5.41) is 7.14. The van der Waals surface area contributed by atoms with E-state index in [2.05, 4.69) is 181 Å². The molecule has 2 nitrogen and oxygen atoms in total. The fourth-order valence-corrected chi connectivity index (χ4v) is 8.49. The first kappa shape index (κ1) is 27.9. The molecule has 2 heterocycles. The van der Waals surface area contributed by atoms with Crippen LogP contribution in [0.4, 0.5) is 17.1 Å². The summed E-state index contributed by atoms with van der Waals surface area (Å²) < 4.78 is 9.26. The smallest absolute Gasteiger partial charge is 0.144 e. The summed E-state index contributed by atoms with van der Waals surface area (Å²) in [6.45, 7) is 0. The summed E-state index contributed by atoms with van der Waals surface area (Å²) in [6.07, 6.45) is 0. The lowest BCUT2D eigenvalue weighted by molar-refractivity contribution is 0.673. The Morgan fingerprint density at radius 1 is 0.388 bits per heavy atom. The van der Waals surface area contributed by atoms with Crippen molar-refractivity contribution in [1.82, 2.24) is 0 Å². The van der Waals surface area contributed by atoms with Crippen molar-refractivity contribution in [2.24, 2.45) is 0 Å². The third kappa shape index (κ3) is 4.55. The standard InChI is InChI=1S/C46H29NOS/c1-3-10-30(11-4-1)32-18-23-35(24-19-32)47(36-25-20-33(21-26-36)31-12-5-2-6-13-31)39-16-9-17-41-44(39)45-42(49-41)29-27-38-43-37-15-8-7-14-34(37)22-28-40(43)48-46(38)45/h1-29H. The second-order valence-corrected chi connectivity index (χ2v) is 13.6. The first-order chi connectivity index (χ1) is 24.3. The van der Waals surface area contributed by atoms with E-state index in [4.69, 9.17) is 4.42 Å². The normalized spacial score (nSPS) is 11.7. The van der Waals surface area contributed by atoms with Crippen LogP contribution in [0.1, 0.15) is 0 Å². The van der Waals surface area contributed by atoms with E-state index in [1.807, 2.05) is 11.3 Å². The monoisotopic (exact) mass is 643 g/mol. The number of fused-ring (bicyclic) bond motifs is 9. The van der Waals surface area contributed by atoms with Crippen molar-refractivity contribution in [3.05, 3.63) is 176 Å². The van der Waals surface area contributed by atoms with Crippen LogP contribution in [0.3, 0.4) is 0 Å². The van der Waals surface area contributed by atoms with Crippen LogP contribution in [0.5, 0.6) is 0 Å². The third-order valence-electron chi connectivity index (χ3n) is 9.67. The average Bonchev–Trinajstić information content (AvgIpc) is 3.75. The van der Waals surface area contributed by atoms with Crippen LogP contribution >= 0.6 is 11.3 Å². The van der Waals surface area contributed by atoms with Gasteiger partial charge in [-0.1, -0.05) is 121 Å². The highest BCUT2D eigenvalue weighted by molar-refractivity contribution is 7.26. The highest BCUT2D eigenvalue weighted by Crippen LogP contribution is 2.49. The molecular weight excluding hydrogens is 615 g/mol. The highest BCUT2D eigenvalue weighted by Gasteiger charge is 2.22. The van der Waals surface area contributed by atoms with Gasteiger partial charge in [-0.15, -0.1) is 11.3 Å². The van der Waals surface area contributed by atoms with Gasteiger partial charge < -0.3 is 9.32 Å². The minimum absolute atomic E-state index is 0.919. The molecule has 0 fully saturated rings. The fraction of sp³-hybridized carbons (Fsp3) is 0. The van der Waals surface area contributed by atoms with Gasteiger partial charge in [-0.25, -0.2) is 0 Å². The predicted molar refractivity (Wildman–Crippen MR) is 210 cm³/mol. The molecule has 0 amide bonds. The summed E-state index contributed by atoms with van der Waals surface area (Å²) in [7, 11) is 0. The molecule has 0 aliphatic carbocycles. The number of hydrogen-bond donors (Lipinski definition) is 0. The Balaban J connectivity index is 1.22. The number of benzene rings is 8. The Labute approximate surface area is 287 Å². The first-order valence-corrected chi connectivity index (χ1v) is 17.4. The minimum Gasteiger partial charge on any atom is -0.455 e. The van der Waals surface area contributed by atoms with Crippen molar-refractivity contribution in [1.29, 1.82) is 0 Å². The second kappa shape index (κ2) is 11.2. The molecular formula is C46H29NOS. The molecule has 8 aromatic carbocycles. The lowest BCUT2D eigenvalue weighted by Crippen LogP contribution is -2.10. The molecule has 2 aromatic heterocycles. The van der Waals surface area contributed by atoms with Gasteiger partial charge in [0.2, 0.25) is 0 Å². The van der Waals surface area contributed by atoms with Gasteiger partial charge in [-0.05, 0) is 87.6 Å². The lowest BCUT2D eigenvalue weighted by atomic mass is 10.0. The van der Waals surface area contributed by atoms with Crippen LogP contribution in [-0.4, -0.2) is 0 Å². The van der Waals surface area contributed by atoms with Gasteiger partial charge in [-0.3, -0.25) is 0 Å². The van der Waals surface area contributed by atoms with E-state index < -0.39 is 0 Å². The molecule has 0 atom stereocenters. The number of hydrogen-bond acceptors (Lipinski definition) is 3. The molecule has 230 valence electrons. The van der Waals surface area contributed by atoms with E-state index >= 15 is 0 Å². The Kier molecular flexibility index (Phi) is 6.39. The molecule has 10 rings (SSSR count). The van der Waals surface area contributed by atoms with Gasteiger partial charge in [0.05, 0.1) is 5.69 Å². The summed E-state index contributed by atoms with van der Waals surface area (Å²) in [5.41, 5.74) is 9.99. The summed E-state index contributed by atoms with van der Waals surface area (Å²) in [5.74, 6) is 0. The zero-order chi connectivity index (χ0) is 32.3. The predicted octanol–water partition coefficient (Wildman–Crippen LogP) is 13.9. The molecule has 0 aliphatic rings. The topological polar surface area (TPSA) is 16.4 Å². The van der Waals surface area contributed by atoms with Crippen molar-refractivity contribution in [2.75, 3.05) is 4.90 Å². The third-order valence-corrected chi connectivity index (χ3v) is 10.8. The molecule has 0 saturated heterocycles. The quantitative estimate of drug-likeness (QED) is 0.186. The van der Waals surface area contributed by atoms with Gasteiger partial charge in [0.25, 0.3) is 0 Å². The molecule has 0 radical (unpaired) electrons. The van der Waals surface area contributed by atoms with Crippen molar-refractivity contribution in [3.8, 4) is 22.3 Å². The molecule has 0 saturated carbocycles. The largest absolute Gasteiger partial charge is 0.455 e. The molecule has 0 bridgehead atoms. The Bertz CT molecular complexity index is 2710. The number of rotatable bonds is 5. The van der Waals surface area contributed by atoms with E-state index in [0.29, 0.717) is 0 Å².